The zero-order chi connectivity index (χ0) is 49.8. The summed E-state index contributed by atoms with van der Waals surface area (Å²) < 4.78 is 54.3. The average Bonchev–Trinajstić information content (AvgIpc) is 3.31. The van der Waals surface area contributed by atoms with Gasteiger partial charge in [-0.3, -0.25) is 14.1 Å². The summed E-state index contributed by atoms with van der Waals surface area (Å²) in [5.74, 6) is -2.04. The molecule has 0 aromatic rings. The molecule has 0 bridgehead atoms. The third-order valence-electron chi connectivity index (χ3n) is 12.7. The number of unbranched alkanes of at least 4 members (excludes halogenated alkanes) is 29. The van der Waals surface area contributed by atoms with Gasteiger partial charge in [-0.1, -0.05) is 224 Å². The van der Waals surface area contributed by atoms with Gasteiger partial charge in [-0.05, 0) is 44.9 Å². The van der Waals surface area contributed by atoms with Crippen LogP contribution in [0.3, 0.4) is 0 Å². The van der Waals surface area contributed by atoms with Gasteiger partial charge >= 0.3 is 11.9 Å². The lowest BCUT2D eigenvalue weighted by atomic mass is 10.00. The monoisotopic (exact) mass is 985 g/mol. The molecule has 0 aromatic carbocycles. The second kappa shape index (κ2) is 44.8. The molecule has 0 aliphatic carbocycles. The van der Waals surface area contributed by atoms with Crippen LogP contribution in [0.1, 0.15) is 245 Å². The zero-order valence-electron chi connectivity index (χ0n) is 43.0. The van der Waals surface area contributed by atoms with Crippen molar-refractivity contribution in [1.82, 2.24) is 0 Å². The molecular formula is C55H100O12S. The van der Waals surface area contributed by atoms with Crippen LogP contribution in [0.2, 0.25) is 0 Å². The summed E-state index contributed by atoms with van der Waals surface area (Å²) in [6.07, 6.45) is 44.8. The quantitative estimate of drug-likeness (QED) is 0.0196. The first-order chi connectivity index (χ1) is 33.0. The first-order valence-corrected chi connectivity index (χ1v) is 29.2. The largest absolute Gasteiger partial charge is 0.462 e. The number of hydrogen-bond acceptors (Lipinski definition) is 11. The second-order valence-electron chi connectivity index (χ2n) is 19.3. The van der Waals surface area contributed by atoms with Crippen LogP contribution in [-0.2, 0) is 38.7 Å². The first-order valence-electron chi connectivity index (χ1n) is 27.5. The predicted molar refractivity (Wildman–Crippen MR) is 275 cm³/mol. The highest BCUT2D eigenvalue weighted by Gasteiger charge is 2.46. The maximum Gasteiger partial charge on any atom is 0.306 e. The van der Waals surface area contributed by atoms with Crippen LogP contribution in [0.4, 0.5) is 0 Å². The van der Waals surface area contributed by atoms with Crippen molar-refractivity contribution in [2.45, 2.75) is 282 Å². The number of hydrogen-bond donors (Lipinski definition) is 4. The van der Waals surface area contributed by atoms with Crippen LogP contribution in [0.5, 0.6) is 0 Å². The minimum atomic E-state index is -4.61. The first kappa shape index (κ1) is 63.9. The zero-order valence-corrected chi connectivity index (χ0v) is 43.8. The van der Waals surface area contributed by atoms with E-state index in [9.17, 15) is 37.9 Å². The normalized spacial score (nSPS) is 19.4. The average molecular weight is 985 g/mol. The molecule has 1 heterocycles. The van der Waals surface area contributed by atoms with Crippen molar-refractivity contribution in [3.8, 4) is 0 Å². The van der Waals surface area contributed by atoms with Gasteiger partial charge in [0.2, 0.25) is 0 Å². The topological polar surface area (TPSA) is 186 Å². The second-order valence-corrected chi connectivity index (χ2v) is 20.8. The van der Waals surface area contributed by atoms with E-state index < -0.39 is 71.2 Å². The Labute approximate surface area is 414 Å². The van der Waals surface area contributed by atoms with E-state index in [1.54, 1.807) is 0 Å². The summed E-state index contributed by atoms with van der Waals surface area (Å²) >= 11 is 0. The molecule has 2 unspecified atom stereocenters. The highest BCUT2D eigenvalue weighted by Crippen LogP contribution is 2.24. The van der Waals surface area contributed by atoms with Crippen molar-refractivity contribution >= 4 is 22.1 Å². The molecule has 1 aliphatic heterocycles. The molecule has 0 amide bonds. The van der Waals surface area contributed by atoms with Gasteiger partial charge < -0.3 is 34.3 Å². The lowest BCUT2D eigenvalue weighted by Gasteiger charge is -2.40. The number of aliphatic hydroxyl groups is 3. The third-order valence-corrected chi connectivity index (χ3v) is 13.5. The number of esters is 2. The Morgan fingerprint density at radius 2 is 0.897 bits per heavy atom. The number of carbonyl (C=O) groups is 2. The molecule has 1 aliphatic rings. The molecule has 1 saturated heterocycles. The SMILES string of the molecule is CCCCCCCC/C=C/C/C=C/C/C=C/CCCC(=O)OC[C@H](CO[C@H]1O[C@H](CS(=O)(=O)O)[C@@H](O)C(O)C1O)OC(=O)CCCCCCCCCCCCCCCCCCCCCCCCC. The molecule has 0 saturated carbocycles. The predicted octanol–water partition coefficient (Wildman–Crippen LogP) is 12.9. The van der Waals surface area contributed by atoms with E-state index in [0.29, 0.717) is 19.3 Å². The molecule has 1 fully saturated rings. The van der Waals surface area contributed by atoms with Gasteiger partial charge in [0.1, 0.15) is 36.8 Å². The van der Waals surface area contributed by atoms with Gasteiger partial charge in [0, 0.05) is 12.8 Å². The van der Waals surface area contributed by atoms with Crippen LogP contribution < -0.4 is 0 Å². The minimum Gasteiger partial charge on any atom is -0.462 e. The Kier molecular flexibility index (Phi) is 42.1. The Balaban J connectivity index is 2.35. The number of ether oxygens (including phenoxy) is 4. The van der Waals surface area contributed by atoms with Crippen molar-refractivity contribution in [2.24, 2.45) is 0 Å². The van der Waals surface area contributed by atoms with Crippen molar-refractivity contribution in [3.05, 3.63) is 36.5 Å². The molecule has 0 radical (unpaired) electrons. The van der Waals surface area contributed by atoms with E-state index in [2.05, 4.69) is 44.2 Å². The molecule has 398 valence electrons. The van der Waals surface area contributed by atoms with Gasteiger partial charge in [0.15, 0.2) is 12.4 Å². The molecule has 1 rings (SSSR count). The third kappa shape index (κ3) is 38.6. The number of carbonyl (C=O) groups excluding carboxylic acids is 2. The van der Waals surface area contributed by atoms with Crippen LogP contribution >= 0.6 is 0 Å². The van der Waals surface area contributed by atoms with E-state index in [4.69, 9.17) is 18.9 Å². The highest BCUT2D eigenvalue weighted by molar-refractivity contribution is 7.85. The van der Waals surface area contributed by atoms with Crippen molar-refractivity contribution in [3.63, 3.8) is 0 Å². The van der Waals surface area contributed by atoms with Crippen LogP contribution in [0, 0.1) is 0 Å². The van der Waals surface area contributed by atoms with Crippen molar-refractivity contribution in [2.75, 3.05) is 19.0 Å². The fourth-order valence-electron chi connectivity index (χ4n) is 8.46. The summed E-state index contributed by atoms with van der Waals surface area (Å²) in [6, 6.07) is 0. The van der Waals surface area contributed by atoms with Gasteiger partial charge in [-0.15, -0.1) is 0 Å². The van der Waals surface area contributed by atoms with E-state index in [0.717, 1.165) is 38.5 Å². The molecule has 0 spiro atoms. The molecule has 6 atom stereocenters. The number of aliphatic hydroxyl groups excluding tert-OH is 3. The summed E-state index contributed by atoms with van der Waals surface area (Å²) in [5, 5.41) is 31.0. The summed E-state index contributed by atoms with van der Waals surface area (Å²) in [6.45, 7) is 3.75. The smallest absolute Gasteiger partial charge is 0.306 e. The Morgan fingerprint density at radius 1 is 0.500 bits per heavy atom. The fourth-order valence-corrected chi connectivity index (χ4v) is 9.15. The molecular weight excluding hydrogens is 885 g/mol. The fraction of sp³-hybridized carbons (Fsp3) is 0.855. The molecule has 68 heavy (non-hydrogen) atoms. The van der Waals surface area contributed by atoms with E-state index >= 15 is 0 Å². The Morgan fingerprint density at radius 3 is 1.35 bits per heavy atom. The van der Waals surface area contributed by atoms with Gasteiger partial charge in [0.05, 0.1) is 6.61 Å². The van der Waals surface area contributed by atoms with Crippen LogP contribution in [-0.4, -0.2) is 96.0 Å². The van der Waals surface area contributed by atoms with Crippen LogP contribution in [0.15, 0.2) is 36.5 Å². The molecule has 4 N–H and O–H groups in total. The van der Waals surface area contributed by atoms with Crippen LogP contribution in [0.25, 0.3) is 0 Å². The lowest BCUT2D eigenvalue weighted by molar-refractivity contribution is -0.297. The van der Waals surface area contributed by atoms with Gasteiger partial charge in [-0.2, -0.15) is 8.42 Å². The minimum absolute atomic E-state index is 0.149. The Hall–Kier alpha value is -2.13. The summed E-state index contributed by atoms with van der Waals surface area (Å²) in [7, 11) is -4.61. The van der Waals surface area contributed by atoms with E-state index in [1.807, 2.05) is 6.08 Å². The summed E-state index contributed by atoms with van der Waals surface area (Å²) in [4.78, 5) is 25.5. The standard InChI is InChI=1S/C55H100O12S/c1-3-5-7-9-11-13-15-17-19-21-22-23-24-25-26-28-30-32-34-36-38-40-42-44-51(57)66-48(46-65-55-54(60)53(59)52(58)49(67-55)47-68(61,62)63)45-64-50(56)43-41-39-37-35-33-31-29-27-20-18-16-14-12-10-8-6-4-2/h18,20,29,31,35,37,48-49,52-55,58-60H,3-17,19,21-28,30,32-34,36,38-47H2,1-2H3,(H,61,62,63)/b20-18+,31-29+,37-35+/t48-,49-,52-,53?,54?,55+/m1/s1. The Bertz CT molecular complexity index is 1380. The highest BCUT2D eigenvalue weighted by atomic mass is 32.2. The number of rotatable bonds is 47. The number of allylic oxidation sites excluding steroid dienone is 6. The molecule has 0 aromatic heterocycles. The van der Waals surface area contributed by atoms with Crippen molar-refractivity contribution in [1.29, 1.82) is 0 Å². The maximum absolute atomic E-state index is 12.9. The van der Waals surface area contributed by atoms with E-state index in [-0.39, 0.29) is 19.4 Å². The summed E-state index contributed by atoms with van der Waals surface area (Å²) in [5.41, 5.74) is 0. The maximum atomic E-state index is 12.9. The lowest BCUT2D eigenvalue weighted by Crippen LogP contribution is -2.60. The van der Waals surface area contributed by atoms with E-state index in [1.165, 1.54) is 161 Å². The molecule has 13 heteroatoms. The molecule has 12 nitrogen and oxygen atoms in total. The van der Waals surface area contributed by atoms with Gasteiger partial charge in [0.25, 0.3) is 10.1 Å². The van der Waals surface area contributed by atoms with Crippen molar-refractivity contribution < 1.29 is 56.8 Å². The van der Waals surface area contributed by atoms with Gasteiger partial charge in [-0.25, -0.2) is 0 Å².